The van der Waals surface area contributed by atoms with Gasteiger partial charge in [-0.15, -0.1) is 11.3 Å². The number of carbonyl (C=O) groups is 2. The molecule has 3 heterocycles. The zero-order valence-corrected chi connectivity index (χ0v) is 22.4. The molecule has 188 valence electrons. The molecular formula is C29H32ClN3O2S. The molecule has 2 aliphatic heterocycles. The van der Waals surface area contributed by atoms with Crippen molar-refractivity contribution < 1.29 is 9.59 Å². The molecule has 2 amide bonds. The fourth-order valence-electron chi connectivity index (χ4n) is 5.54. The molecule has 1 aromatic heterocycles. The predicted molar refractivity (Wildman–Crippen MR) is 146 cm³/mol. The molecule has 2 aromatic carbocycles. The molecule has 0 N–H and O–H groups in total. The van der Waals surface area contributed by atoms with Gasteiger partial charge >= 0.3 is 0 Å². The van der Waals surface area contributed by atoms with E-state index in [0.29, 0.717) is 36.6 Å². The van der Waals surface area contributed by atoms with Gasteiger partial charge in [-0.25, -0.2) is 0 Å². The van der Waals surface area contributed by atoms with E-state index >= 15 is 0 Å². The van der Waals surface area contributed by atoms with Crippen LogP contribution >= 0.6 is 22.9 Å². The summed E-state index contributed by atoms with van der Waals surface area (Å²) in [4.78, 5) is 34.0. The van der Waals surface area contributed by atoms with Crippen molar-refractivity contribution in [2.24, 2.45) is 0 Å². The average molecular weight is 522 g/mol. The first-order chi connectivity index (χ1) is 17.4. The van der Waals surface area contributed by atoms with E-state index in [1.165, 1.54) is 21.6 Å². The molecule has 3 aromatic rings. The third kappa shape index (κ3) is 4.95. The maximum absolute atomic E-state index is 13.3. The lowest BCUT2D eigenvalue weighted by atomic mass is 9.90. The van der Waals surface area contributed by atoms with Crippen LogP contribution in [0.15, 0.2) is 60.0 Å². The topological polar surface area (TPSA) is 43.9 Å². The second-order valence-electron chi connectivity index (χ2n) is 9.76. The van der Waals surface area contributed by atoms with Crippen LogP contribution in [0.1, 0.15) is 51.3 Å². The van der Waals surface area contributed by atoms with Crippen molar-refractivity contribution in [2.75, 3.05) is 32.7 Å². The molecule has 2 atom stereocenters. The Labute approximate surface area is 222 Å². The number of amides is 2. The molecule has 0 bridgehead atoms. The van der Waals surface area contributed by atoms with Crippen LogP contribution in [0.4, 0.5) is 0 Å². The van der Waals surface area contributed by atoms with Gasteiger partial charge in [0.2, 0.25) is 5.91 Å². The van der Waals surface area contributed by atoms with E-state index in [0.717, 1.165) is 19.5 Å². The molecule has 5 nitrogen and oxygen atoms in total. The number of benzene rings is 2. The standard InChI is InChI=1S/C29H32ClN3O2S/c1-20-7-3-4-8-22(20)28-24-13-18-36-26(24)11-14-31(28)15-12-27(34)32-16-17-33(21(2)19-32)29(35)23-9-5-6-10-25(23)30/h3-10,13,18,21,28H,11-12,14-17,19H2,1-2H3/t21-,28-/m1/s1. The van der Waals surface area contributed by atoms with Gasteiger partial charge in [0, 0.05) is 50.1 Å². The van der Waals surface area contributed by atoms with Crippen LogP contribution in [0.2, 0.25) is 5.02 Å². The Hall–Kier alpha value is -2.67. The quantitative estimate of drug-likeness (QED) is 0.450. The van der Waals surface area contributed by atoms with Crippen molar-refractivity contribution in [3.63, 3.8) is 0 Å². The number of fused-ring (bicyclic) bond motifs is 1. The van der Waals surface area contributed by atoms with Crippen LogP contribution in [0.5, 0.6) is 0 Å². The Morgan fingerprint density at radius 3 is 2.56 bits per heavy atom. The van der Waals surface area contributed by atoms with E-state index in [9.17, 15) is 9.59 Å². The minimum absolute atomic E-state index is 0.0606. The van der Waals surface area contributed by atoms with Crippen molar-refractivity contribution in [1.29, 1.82) is 0 Å². The van der Waals surface area contributed by atoms with Crippen LogP contribution in [0, 0.1) is 6.92 Å². The third-order valence-corrected chi connectivity index (χ3v) is 8.83. The van der Waals surface area contributed by atoms with Gasteiger partial charge in [-0.2, -0.15) is 0 Å². The van der Waals surface area contributed by atoms with Gasteiger partial charge in [-0.3, -0.25) is 14.5 Å². The Bertz CT molecular complexity index is 1260. The molecule has 0 aliphatic carbocycles. The van der Waals surface area contributed by atoms with Crippen LogP contribution in [0.3, 0.4) is 0 Å². The summed E-state index contributed by atoms with van der Waals surface area (Å²) in [6.07, 6.45) is 1.51. The SMILES string of the molecule is Cc1ccccc1[C@@H]1c2ccsc2CCN1CCC(=O)N1CCN(C(=O)c2ccccc2Cl)[C@H](C)C1. The number of halogens is 1. The monoisotopic (exact) mass is 521 g/mol. The fourth-order valence-corrected chi connectivity index (χ4v) is 6.66. The Morgan fingerprint density at radius 2 is 1.78 bits per heavy atom. The van der Waals surface area contributed by atoms with E-state index in [-0.39, 0.29) is 23.9 Å². The Balaban J connectivity index is 1.23. The number of carbonyl (C=O) groups excluding carboxylic acids is 2. The minimum atomic E-state index is -0.0684. The van der Waals surface area contributed by atoms with E-state index in [4.69, 9.17) is 11.6 Å². The molecule has 36 heavy (non-hydrogen) atoms. The van der Waals surface area contributed by atoms with Gasteiger partial charge in [-0.05, 0) is 60.5 Å². The Kier molecular flexibility index (Phi) is 7.47. The summed E-state index contributed by atoms with van der Waals surface area (Å²) in [6, 6.07) is 18.1. The largest absolute Gasteiger partial charge is 0.339 e. The van der Waals surface area contributed by atoms with Crippen LogP contribution in [0.25, 0.3) is 0 Å². The first-order valence-corrected chi connectivity index (χ1v) is 13.9. The summed E-state index contributed by atoms with van der Waals surface area (Å²) in [6.45, 7) is 7.47. The lowest BCUT2D eigenvalue weighted by Gasteiger charge is -2.41. The molecule has 1 saturated heterocycles. The van der Waals surface area contributed by atoms with Crippen LogP contribution < -0.4 is 0 Å². The van der Waals surface area contributed by atoms with Crippen molar-refractivity contribution in [3.8, 4) is 0 Å². The van der Waals surface area contributed by atoms with Gasteiger partial charge < -0.3 is 9.80 Å². The van der Waals surface area contributed by atoms with Gasteiger partial charge in [0.05, 0.1) is 16.6 Å². The number of hydrogen-bond donors (Lipinski definition) is 0. The second kappa shape index (κ2) is 10.8. The second-order valence-corrected chi connectivity index (χ2v) is 11.2. The maximum atomic E-state index is 13.3. The number of thiophene rings is 1. The van der Waals surface area contributed by atoms with E-state index in [2.05, 4.69) is 47.5 Å². The minimum Gasteiger partial charge on any atom is -0.339 e. The first kappa shape index (κ1) is 25.0. The van der Waals surface area contributed by atoms with Crippen molar-refractivity contribution in [2.45, 2.75) is 38.8 Å². The summed E-state index contributed by atoms with van der Waals surface area (Å²) in [5, 5.41) is 2.65. The predicted octanol–water partition coefficient (Wildman–Crippen LogP) is 5.42. The highest BCUT2D eigenvalue weighted by atomic mass is 35.5. The molecule has 0 spiro atoms. The third-order valence-electron chi connectivity index (χ3n) is 7.51. The molecule has 0 unspecified atom stereocenters. The highest BCUT2D eigenvalue weighted by molar-refractivity contribution is 7.10. The molecule has 2 aliphatic rings. The number of rotatable bonds is 5. The molecule has 5 rings (SSSR count). The van der Waals surface area contributed by atoms with Crippen molar-refractivity contribution >= 4 is 34.8 Å². The highest BCUT2D eigenvalue weighted by Crippen LogP contribution is 2.39. The summed E-state index contributed by atoms with van der Waals surface area (Å²) in [5.41, 5.74) is 4.51. The smallest absolute Gasteiger partial charge is 0.255 e. The zero-order valence-electron chi connectivity index (χ0n) is 20.8. The van der Waals surface area contributed by atoms with Gasteiger partial charge in [0.1, 0.15) is 0 Å². The summed E-state index contributed by atoms with van der Waals surface area (Å²) in [5.74, 6) is 0.0903. The lowest BCUT2D eigenvalue weighted by Crippen LogP contribution is -2.55. The summed E-state index contributed by atoms with van der Waals surface area (Å²) in [7, 11) is 0. The lowest BCUT2D eigenvalue weighted by molar-refractivity contribution is -0.134. The van der Waals surface area contributed by atoms with Gasteiger partial charge in [0.15, 0.2) is 0 Å². The summed E-state index contributed by atoms with van der Waals surface area (Å²) < 4.78 is 0. The van der Waals surface area contributed by atoms with E-state index in [1.807, 2.05) is 40.2 Å². The normalized spacial score (nSPS) is 20.3. The number of aryl methyl sites for hydroxylation is 1. The van der Waals surface area contributed by atoms with Crippen molar-refractivity contribution in [1.82, 2.24) is 14.7 Å². The molecule has 7 heteroatoms. The number of hydrogen-bond acceptors (Lipinski definition) is 4. The fraction of sp³-hybridized carbons (Fsp3) is 0.379. The average Bonchev–Trinajstić information content (AvgIpc) is 3.36. The van der Waals surface area contributed by atoms with Gasteiger partial charge in [-0.1, -0.05) is 48.0 Å². The van der Waals surface area contributed by atoms with Gasteiger partial charge in [0.25, 0.3) is 5.91 Å². The summed E-state index contributed by atoms with van der Waals surface area (Å²) >= 11 is 8.09. The number of piperazine rings is 1. The number of nitrogens with zero attached hydrogens (tertiary/aromatic N) is 3. The molecule has 1 fully saturated rings. The zero-order chi connectivity index (χ0) is 25.2. The molecular weight excluding hydrogens is 490 g/mol. The first-order valence-electron chi connectivity index (χ1n) is 12.6. The molecule has 0 radical (unpaired) electrons. The van der Waals surface area contributed by atoms with Crippen molar-refractivity contribution in [3.05, 3.63) is 92.1 Å². The van der Waals surface area contributed by atoms with Crippen LogP contribution in [-0.2, 0) is 11.2 Å². The van der Waals surface area contributed by atoms with Crippen LogP contribution in [-0.4, -0.2) is 65.3 Å². The molecule has 0 saturated carbocycles. The maximum Gasteiger partial charge on any atom is 0.255 e. The van der Waals surface area contributed by atoms with E-state index < -0.39 is 0 Å². The van der Waals surface area contributed by atoms with E-state index in [1.54, 1.807) is 12.1 Å². The Morgan fingerprint density at radius 1 is 1.00 bits per heavy atom. The highest BCUT2D eigenvalue weighted by Gasteiger charge is 2.33.